The van der Waals surface area contributed by atoms with Crippen molar-refractivity contribution in [1.29, 1.82) is 0 Å². The molecule has 5 N–H and O–H groups in total. The highest BCUT2D eigenvalue weighted by Crippen LogP contribution is 2.54. The molecule has 1 unspecified atom stereocenters. The number of nitrogens with two attached hydrogens (primary N) is 1. The molecular formula is C48H59N11O5S. The van der Waals surface area contributed by atoms with Crippen LogP contribution in [0, 0.1) is 5.41 Å². The van der Waals surface area contributed by atoms with Crippen molar-refractivity contribution >= 4 is 52.8 Å². The van der Waals surface area contributed by atoms with Crippen LogP contribution in [0.5, 0.6) is 0 Å². The van der Waals surface area contributed by atoms with E-state index in [1.165, 1.54) is 16.7 Å². The van der Waals surface area contributed by atoms with Crippen LogP contribution in [0.4, 0.5) is 11.5 Å². The van der Waals surface area contributed by atoms with Gasteiger partial charge < -0.3 is 31.1 Å². The molecule has 4 aromatic rings. The van der Waals surface area contributed by atoms with E-state index in [0.29, 0.717) is 48.5 Å². The van der Waals surface area contributed by atoms with Crippen molar-refractivity contribution in [2.75, 3.05) is 42.9 Å². The topological polar surface area (TPSA) is 201 Å². The van der Waals surface area contributed by atoms with Crippen LogP contribution in [0.15, 0.2) is 77.2 Å². The lowest BCUT2D eigenvalue weighted by molar-refractivity contribution is -0.137. The Balaban J connectivity index is 0.615. The highest BCUT2D eigenvalue weighted by Gasteiger charge is 2.52. The normalized spacial score (nSPS) is 20.3. The van der Waals surface area contributed by atoms with Crippen LogP contribution in [0.3, 0.4) is 0 Å². The van der Waals surface area contributed by atoms with Gasteiger partial charge in [-0.2, -0.15) is 5.10 Å². The quantitative estimate of drug-likeness (QED) is 0.0773. The lowest BCUT2D eigenvalue weighted by Gasteiger charge is -2.59. The molecule has 16 nitrogen and oxygen atoms in total. The van der Waals surface area contributed by atoms with E-state index in [0.717, 1.165) is 123 Å². The summed E-state index contributed by atoms with van der Waals surface area (Å²) in [6.45, 7) is 7.80. The number of rotatable bonds is 17. The van der Waals surface area contributed by atoms with Crippen molar-refractivity contribution in [3.05, 3.63) is 89.5 Å². The first-order valence-corrected chi connectivity index (χ1v) is 23.9. The molecule has 5 aliphatic rings. The van der Waals surface area contributed by atoms with Crippen molar-refractivity contribution in [3.63, 3.8) is 0 Å². The van der Waals surface area contributed by atoms with E-state index in [9.17, 15) is 24.0 Å². The number of nitrogens with zero attached hydrogens (tertiary/aromatic N) is 7. The van der Waals surface area contributed by atoms with Crippen LogP contribution in [0.1, 0.15) is 122 Å². The van der Waals surface area contributed by atoms with Crippen LogP contribution in [0.2, 0.25) is 0 Å². The third-order valence-corrected chi connectivity index (χ3v) is 14.7. The van der Waals surface area contributed by atoms with Gasteiger partial charge >= 0.3 is 0 Å². The Kier molecular flexibility index (Phi) is 13.1. The molecule has 342 valence electrons. The first-order valence-electron chi connectivity index (χ1n) is 23.1. The summed E-state index contributed by atoms with van der Waals surface area (Å²) in [5.74, 6) is -0.246. The minimum atomic E-state index is -0.660. The molecule has 1 aliphatic carbocycles. The fourth-order valence-corrected chi connectivity index (χ4v) is 10.8. The SMILES string of the molecule is CC1(N)CCN(c2cnc(Sc3cccc(NC(=O)CCCCCCCN4CC5(CC(n6cc(C(=O)NCc7ccc8c(c7)CN(C7CCC(=O)NC7=O)C8=O)cn6)C5)C4)c3)cn2)CC1. The zero-order valence-electron chi connectivity index (χ0n) is 37.1. The molecule has 0 radical (unpaired) electrons. The molecule has 1 atom stereocenters. The number of nitrogens with one attached hydrogen (secondary N) is 3. The molecule has 4 fully saturated rings. The summed E-state index contributed by atoms with van der Waals surface area (Å²) in [5, 5.41) is 13.7. The Morgan fingerprint density at radius 2 is 1.75 bits per heavy atom. The molecule has 1 saturated carbocycles. The van der Waals surface area contributed by atoms with Crippen molar-refractivity contribution < 1.29 is 24.0 Å². The average molecular weight is 902 g/mol. The molecular weight excluding hydrogens is 843 g/mol. The van der Waals surface area contributed by atoms with Crippen LogP contribution in [-0.2, 0) is 27.5 Å². The summed E-state index contributed by atoms with van der Waals surface area (Å²) < 4.78 is 1.94. The first kappa shape index (κ1) is 44.5. The molecule has 17 heteroatoms. The van der Waals surface area contributed by atoms with Crippen LogP contribution >= 0.6 is 11.8 Å². The summed E-state index contributed by atoms with van der Waals surface area (Å²) in [7, 11) is 0. The second kappa shape index (κ2) is 19.1. The molecule has 9 rings (SSSR count). The van der Waals surface area contributed by atoms with E-state index < -0.39 is 11.9 Å². The molecule has 6 heterocycles. The lowest BCUT2D eigenvalue weighted by Crippen LogP contribution is -2.62. The number of carbonyl (C=O) groups is 5. The molecule has 1 spiro atoms. The number of hydrogen-bond donors (Lipinski definition) is 4. The number of piperidine rings is 2. The maximum Gasteiger partial charge on any atom is 0.255 e. The van der Waals surface area contributed by atoms with Gasteiger partial charge in [0.1, 0.15) is 16.9 Å². The molecule has 2 aromatic carbocycles. The molecule has 0 bridgehead atoms. The van der Waals surface area contributed by atoms with Crippen LogP contribution in [-0.4, -0.2) is 103 Å². The van der Waals surface area contributed by atoms with Crippen molar-refractivity contribution in [2.45, 2.75) is 125 Å². The van der Waals surface area contributed by atoms with Gasteiger partial charge in [0.25, 0.3) is 11.8 Å². The smallest absolute Gasteiger partial charge is 0.255 e. The highest BCUT2D eigenvalue weighted by atomic mass is 32.2. The molecule has 4 aliphatic heterocycles. The van der Waals surface area contributed by atoms with E-state index in [2.05, 4.69) is 47.7 Å². The predicted octanol–water partition coefficient (Wildman–Crippen LogP) is 5.45. The molecule has 65 heavy (non-hydrogen) atoms. The number of fused-ring (bicyclic) bond motifs is 1. The third kappa shape index (κ3) is 10.6. The number of aromatic nitrogens is 4. The van der Waals surface area contributed by atoms with Crippen molar-refractivity contribution in [1.82, 2.24) is 40.2 Å². The number of imide groups is 1. The van der Waals surface area contributed by atoms with Gasteiger partial charge in [0.15, 0.2) is 0 Å². The Morgan fingerprint density at radius 3 is 2.54 bits per heavy atom. The maximum absolute atomic E-state index is 13.1. The zero-order chi connectivity index (χ0) is 45.1. The summed E-state index contributed by atoms with van der Waals surface area (Å²) >= 11 is 1.53. The van der Waals surface area contributed by atoms with Gasteiger partial charge in [-0.05, 0) is 99.2 Å². The largest absolute Gasteiger partial charge is 0.355 e. The van der Waals surface area contributed by atoms with E-state index in [4.69, 9.17) is 5.73 Å². The summed E-state index contributed by atoms with van der Waals surface area (Å²) in [4.78, 5) is 79.4. The van der Waals surface area contributed by atoms with E-state index >= 15 is 0 Å². The molecule has 3 saturated heterocycles. The van der Waals surface area contributed by atoms with Gasteiger partial charge in [-0.15, -0.1) is 0 Å². The summed E-state index contributed by atoms with van der Waals surface area (Å²) in [6.07, 6.45) is 17.5. The third-order valence-electron chi connectivity index (χ3n) is 13.8. The predicted molar refractivity (Wildman–Crippen MR) is 246 cm³/mol. The second-order valence-electron chi connectivity index (χ2n) is 19.1. The minimum Gasteiger partial charge on any atom is -0.355 e. The number of unbranched alkanes of at least 4 members (excludes halogenated alkanes) is 4. The van der Waals surface area contributed by atoms with E-state index in [1.54, 1.807) is 12.3 Å². The monoisotopic (exact) mass is 901 g/mol. The lowest BCUT2D eigenvalue weighted by atomic mass is 9.60. The van der Waals surface area contributed by atoms with E-state index in [1.807, 2.05) is 59.7 Å². The fourth-order valence-electron chi connectivity index (χ4n) is 10.0. The van der Waals surface area contributed by atoms with Crippen molar-refractivity contribution in [3.8, 4) is 0 Å². The Morgan fingerprint density at radius 1 is 0.954 bits per heavy atom. The summed E-state index contributed by atoms with van der Waals surface area (Å²) in [5.41, 5.74) is 10.0. The Labute approximate surface area is 383 Å². The summed E-state index contributed by atoms with van der Waals surface area (Å²) in [6, 6.07) is 13.0. The number of hydrogen-bond acceptors (Lipinski definition) is 12. The Bertz CT molecular complexity index is 2420. The van der Waals surface area contributed by atoms with Crippen LogP contribution < -0.4 is 26.6 Å². The first-order chi connectivity index (χ1) is 31.4. The minimum absolute atomic E-state index is 0.0424. The van der Waals surface area contributed by atoms with E-state index in [-0.39, 0.29) is 35.6 Å². The van der Waals surface area contributed by atoms with Gasteiger partial charge in [-0.3, -0.25) is 34.0 Å². The Hall–Kier alpha value is -5.65. The van der Waals surface area contributed by atoms with Gasteiger partial charge in [0.2, 0.25) is 17.7 Å². The van der Waals surface area contributed by atoms with Gasteiger partial charge in [-0.25, -0.2) is 9.97 Å². The van der Waals surface area contributed by atoms with Gasteiger partial charge in [-0.1, -0.05) is 49.2 Å². The van der Waals surface area contributed by atoms with Crippen molar-refractivity contribution in [2.24, 2.45) is 11.1 Å². The molecule has 2 aromatic heterocycles. The maximum atomic E-state index is 13.1. The number of anilines is 2. The zero-order valence-corrected chi connectivity index (χ0v) is 37.9. The fraction of sp³-hybridized carbons (Fsp3) is 0.500. The second-order valence-corrected chi connectivity index (χ2v) is 20.2. The standard InChI is InChI=1S/C48H59N11O5S/c1-47(49)15-18-57(19-16-47)40-26-51-43(27-50-40)65-37-9-7-8-35(21-37)54-41(60)10-5-3-2-4-6-17-56-30-48(31-56)22-36(23-48)59-29-34(25-53-59)44(62)52-24-32-11-12-38-33(20-32)28-58(46(38)64)39-13-14-42(61)55-45(39)63/h7-9,11-12,20-21,25-27,29,36,39H,2-6,10,13-19,22-24,28,30-31,49H2,1H3,(H,52,62)(H,54,60)(H,55,61,63). The van der Waals surface area contributed by atoms with Gasteiger partial charge in [0.05, 0.1) is 30.2 Å². The number of benzene rings is 2. The number of carbonyl (C=O) groups excluding carboxylic acids is 5. The highest BCUT2D eigenvalue weighted by molar-refractivity contribution is 7.99. The average Bonchev–Trinajstić information content (AvgIpc) is 3.87. The van der Waals surface area contributed by atoms with Gasteiger partial charge in [0, 0.05) is 80.0 Å². The number of likely N-dealkylation sites (tertiary alicyclic amines) is 1. The van der Waals surface area contributed by atoms with Crippen LogP contribution in [0.25, 0.3) is 0 Å². The molecule has 5 amide bonds. The number of amides is 5.